The van der Waals surface area contributed by atoms with Gasteiger partial charge in [-0.1, -0.05) is 60.7 Å². The summed E-state index contributed by atoms with van der Waals surface area (Å²) in [5.41, 5.74) is -0.680. The first-order valence-electron chi connectivity index (χ1n) is 11.6. The molecule has 0 spiro atoms. The van der Waals surface area contributed by atoms with E-state index in [1.807, 2.05) is 0 Å². The second kappa shape index (κ2) is 11.7. The highest BCUT2D eigenvalue weighted by molar-refractivity contribution is 7.93. The second-order valence-electron chi connectivity index (χ2n) is 8.63. The van der Waals surface area contributed by atoms with Crippen LogP contribution in [0.15, 0.2) is 117 Å². The van der Waals surface area contributed by atoms with Crippen LogP contribution in [0.25, 0.3) is 12.2 Å². The second-order valence-corrected chi connectivity index (χ2v) is 14.8. The fourth-order valence-corrected chi connectivity index (χ4v) is 7.29. The van der Waals surface area contributed by atoms with Crippen molar-refractivity contribution in [1.29, 1.82) is 0 Å². The van der Waals surface area contributed by atoms with Gasteiger partial charge < -0.3 is 0 Å². The summed E-state index contributed by atoms with van der Waals surface area (Å²) in [6, 6.07) is 21.0. The third kappa shape index (κ3) is 7.41. The van der Waals surface area contributed by atoms with Crippen molar-refractivity contribution in [2.75, 3.05) is 9.44 Å². The number of rotatable bonds is 10. The molecule has 0 bridgehead atoms. The summed E-state index contributed by atoms with van der Waals surface area (Å²) < 4.78 is 123. The largest absolute Gasteiger partial charge is 0.295 e. The minimum Gasteiger partial charge on any atom is -0.282 e. The first-order valence-corrected chi connectivity index (χ1v) is 17.5. The topological polar surface area (TPSA) is 201 Å². The molecule has 220 valence electrons. The van der Waals surface area contributed by atoms with Gasteiger partial charge in [-0.25, -0.2) is 16.8 Å². The maximum Gasteiger partial charge on any atom is 0.295 e. The zero-order chi connectivity index (χ0) is 30.8. The quantitative estimate of drug-likeness (QED) is 0.144. The Morgan fingerprint density at radius 2 is 0.810 bits per heavy atom. The summed E-state index contributed by atoms with van der Waals surface area (Å²) in [6.07, 6.45) is 2.22. The molecule has 12 nitrogen and oxygen atoms in total. The predicted molar refractivity (Wildman–Crippen MR) is 156 cm³/mol. The lowest BCUT2D eigenvalue weighted by atomic mass is 10.1. The van der Waals surface area contributed by atoms with E-state index in [-0.39, 0.29) is 32.3 Å². The van der Waals surface area contributed by atoms with E-state index in [0.29, 0.717) is 0 Å². The third-order valence-corrected chi connectivity index (χ3v) is 10.2. The Balaban J connectivity index is 1.69. The Kier molecular flexibility index (Phi) is 8.58. The summed E-state index contributed by atoms with van der Waals surface area (Å²) in [7, 11) is -18.0. The molecule has 4 aromatic carbocycles. The van der Waals surface area contributed by atoms with Crippen LogP contribution in [0.1, 0.15) is 11.1 Å². The molecular formula is C26H22N2O10S4. The molecule has 4 aromatic rings. The van der Waals surface area contributed by atoms with Gasteiger partial charge in [-0.15, -0.1) is 0 Å². The molecule has 0 aromatic heterocycles. The van der Waals surface area contributed by atoms with Crippen LogP contribution in [-0.4, -0.2) is 42.8 Å². The van der Waals surface area contributed by atoms with Crippen LogP contribution in [0.2, 0.25) is 0 Å². The van der Waals surface area contributed by atoms with Crippen LogP contribution < -0.4 is 9.44 Å². The molecule has 0 heterocycles. The van der Waals surface area contributed by atoms with Crippen molar-refractivity contribution in [3.63, 3.8) is 0 Å². The Morgan fingerprint density at radius 1 is 0.476 bits per heavy atom. The molecule has 0 radical (unpaired) electrons. The number of hydrogen-bond donors (Lipinski definition) is 4. The minimum atomic E-state index is -4.90. The number of nitrogens with one attached hydrogen (secondary N) is 2. The molecule has 0 saturated carbocycles. The smallest absolute Gasteiger partial charge is 0.282 e. The summed E-state index contributed by atoms with van der Waals surface area (Å²) in [5.74, 6) is 0. The number of benzene rings is 4. The van der Waals surface area contributed by atoms with Gasteiger partial charge in [0.15, 0.2) is 0 Å². The first-order chi connectivity index (χ1) is 19.6. The molecule has 0 fully saturated rings. The van der Waals surface area contributed by atoms with E-state index in [0.717, 1.165) is 36.4 Å². The van der Waals surface area contributed by atoms with Crippen molar-refractivity contribution in [2.24, 2.45) is 0 Å². The Morgan fingerprint density at radius 3 is 1.12 bits per heavy atom. The molecule has 0 aliphatic rings. The highest BCUT2D eigenvalue weighted by Crippen LogP contribution is 2.28. The minimum absolute atomic E-state index is 0.0883. The van der Waals surface area contributed by atoms with Gasteiger partial charge in [0.1, 0.15) is 9.79 Å². The van der Waals surface area contributed by atoms with Gasteiger partial charge in [-0.05, 0) is 59.7 Å². The summed E-state index contributed by atoms with van der Waals surface area (Å²) >= 11 is 0. The van der Waals surface area contributed by atoms with Crippen LogP contribution in [0.3, 0.4) is 0 Å². The summed E-state index contributed by atoms with van der Waals surface area (Å²) in [4.78, 5) is -1.58. The van der Waals surface area contributed by atoms with E-state index >= 15 is 0 Å². The lowest BCUT2D eigenvalue weighted by Gasteiger charge is -2.12. The van der Waals surface area contributed by atoms with E-state index < -0.39 is 50.1 Å². The van der Waals surface area contributed by atoms with Crippen LogP contribution in [0, 0.1) is 0 Å². The first kappa shape index (κ1) is 30.9. The molecule has 0 saturated heterocycles. The van der Waals surface area contributed by atoms with E-state index in [4.69, 9.17) is 0 Å². The standard InChI is InChI=1S/C26H22N2O10S4/c29-39(30,23-7-3-1-4-8-23)27-21-15-13-19(25(17-21)41(33,34)35)11-12-20-14-16-22(18-26(20)42(36,37)38)28-40(31,32)24-9-5-2-6-10-24/h1-18,27-28H,(H,33,34,35)(H,36,37,38). The molecule has 4 rings (SSSR count). The number of sulfonamides is 2. The van der Waals surface area contributed by atoms with Crippen molar-refractivity contribution in [1.82, 2.24) is 0 Å². The van der Waals surface area contributed by atoms with Crippen molar-refractivity contribution in [3.05, 3.63) is 108 Å². The average Bonchev–Trinajstić information content (AvgIpc) is 2.92. The molecule has 0 amide bonds. The molecule has 42 heavy (non-hydrogen) atoms. The van der Waals surface area contributed by atoms with Crippen LogP contribution >= 0.6 is 0 Å². The fraction of sp³-hybridized carbons (Fsp3) is 0. The zero-order valence-electron chi connectivity index (χ0n) is 21.2. The van der Waals surface area contributed by atoms with Gasteiger partial charge in [-0.2, -0.15) is 16.8 Å². The normalized spacial score (nSPS) is 12.7. The molecular weight excluding hydrogens is 629 g/mol. The maximum absolute atomic E-state index is 12.6. The van der Waals surface area contributed by atoms with Gasteiger partial charge in [0.05, 0.1) is 21.2 Å². The van der Waals surface area contributed by atoms with Crippen LogP contribution in [0.5, 0.6) is 0 Å². The zero-order valence-corrected chi connectivity index (χ0v) is 24.5. The SMILES string of the molecule is O=S(=O)(O)c1cc(NS(=O)(=O)c2ccccc2)ccc1C=Cc1ccc(NS(=O)(=O)c2ccccc2)cc1S(=O)(=O)O. The van der Waals surface area contributed by atoms with Gasteiger partial charge in [-0.3, -0.25) is 18.5 Å². The Labute approximate surface area is 243 Å². The average molecular weight is 651 g/mol. The molecule has 0 unspecified atom stereocenters. The maximum atomic E-state index is 12.6. The van der Waals surface area contributed by atoms with E-state index in [2.05, 4.69) is 9.44 Å². The van der Waals surface area contributed by atoms with Gasteiger partial charge in [0, 0.05) is 0 Å². The Hall–Kier alpha value is -4.06. The lowest BCUT2D eigenvalue weighted by Crippen LogP contribution is -2.13. The monoisotopic (exact) mass is 650 g/mol. The van der Waals surface area contributed by atoms with Crippen LogP contribution in [-0.2, 0) is 40.3 Å². The summed E-state index contributed by atoms with van der Waals surface area (Å²) in [6.45, 7) is 0. The van der Waals surface area contributed by atoms with Gasteiger partial charge in [0.25, 0.3) is 40.3 Å². The van der Waals surface area contributed by atoms with Crippen molar-refractivity contribution < 1.29 is 42.8 Å². The Bertz CT molecular complexity index is 1950. The number of anilines is 2. The molecule has 16 heteroatoms. The lowest BCUT2D eigenvalue weighted by molar-refractivity contribution is 0.480. The van der Waals surface area contributed by atoms with E-state index in [9.17, 15) is 42.8 Å². The van der Waals surface area contributed by atoms with Crippen molar-refractivity contribution in [3.8, 4) is 0 Å². The summed E-state index contributed by atoms with van der Waals surface area (Å²) in [5, 5.41) is 0. The number of hydrogen-bond acceptors (Lipinski definition) is 8. The molecule has 4 N–H and O–H groups in total. The van der Waals surface area contributed by atoms with Crippen molar-refractivity contribution in [2.45, 2.75) is 19.6 Å². The van der Waals surface area contributed by atoms with Crippen LogP contribution in [0.4, 0.5) is 11.4 Å². The molecule has 0 aliphatic heterocycles. The van der Waals surface area contributed by atoms with Gasteiger partial charge >= 0.3 is 0 Å². The third-order valence-electron chi connectivity index (χ3n) is 5.64. The molecule has 0 aliphatic carbocycles. The highest BCUT2D eigenvalue weighted by Gasteiger charge is 2.21. The van der Waals surface area contributed by atoms with Gasteiger partial charge in [0.2, 0.25) is 0 Å². The fourth-order valence-electron chi connectivity index (χ4n) is 3.72. The van der Waals surface area contributed by atoms with E-state index in [1.165, 1.54) is 60.7 Å². The highest BCUT2D eigenvalue weighted by atomic mass is 32.2. The predicted octanol–water partition coefficient (Wildman–Crippen LogP) is 3.95. The van der Waals surface area contributed by atoms with E-state index in [1.54, 1.807) is 12.1 Å². The molecule has 0 atom stereocenters. The van der Waals surface area contributed by atoms with Crippen molar-refractivity contribution >= 4 is 63.8 Å².